The van der Waals surface area contributed by atoms with Crippen LogP contribution in [0.25, 0.3) is 0 Å². The van der Waals surface area contributed by atoms with E-state index in [1.54, 1.807) is 20.2 Å². The molecule has 1 aromatic rings. The van der Waals surface area contributed by atoms with Crippen molar-refractivity contribution in [3.05, 3.63) is 29.8 Å². The van der Waals surface area contributed by atoms with Crippen molar-refractivity contribution < 1.29 is 13.2 Å². The van der Waals surface area contributed by atoms with Crippen molar-refractivity contribution in [2.24, 2.45) is 0 Å². The smallest absolute Gasteiger partial charge is 0.244 e. The maximum atomic E-state index is 12.3. The fraction of sp³-hybridized carbons (Fsp3) is 0.333. The summed E-state index contributed by atoms with van der Waals surface area (Å²) in [6, 6.07) is 7.73. The van der Waals surface area contributed by atoms with Crippen LogP contribution in [-0.4, -0.2) is 51.2 Å². The van der Waals surface area contributed by atoms with Gasteiger partial charge in [0, 0.05) is 21.1 Å². The van der Waals surface area contributed by atoms with Crippen molar-refractivity contribution in [1.82, 2.24) is 9.21 Å². The molecule has 102 valence electrons. The Morgan fingerprint density at radius 3 is 2.37 bits per heavy atom. The minimum Gasteiger partial charge on any atom is -0.348 e. The molecule has 1 rings (SSSR count). The van der Waals surface area contributed by atoms with Gasteiger partial charge in [-0.3, -0.25) is 4.79 Å². The molecule has 0 fully saturated rings. The van der Waals surface area contributed by atoms with Crippen molar-refractivity contribution in [2.45, 2.75) is 4.90 Å². The quantitative estimate of drug-likeness (QED) is 0.793. The number of sulfonamides is 1. The van der Waals surface area contributed by atoms with Gasteiger partial charge in [0.05, 0.1) is 17.0 Å². The molecule has 1 amide bonds. The van der Waals surface area contributed by atoms with Gasteiger partial charge in [0.1, 0.15) is 6.07 Å². The summed E-state index contributed by atoms with van der Waals surface area (Å²) in [5, 5.41) is 8.93. The van der Waals surface area contributed by atoms with E-state index in [0.717, 1.165) is 4.31 Å². The lowest BCUT2D eigenvalue weighted by Crippen LogP contribution is -2.37. The van der Waals surface area contributed by atoms with E-state index in [9.17, 15) is 13.2 Å². The lowest BCUT2D eigenvalue weighted by Gasteiger charge is -2.19. The number of hydrogen-bond donors (Lipinski definition) is 0. The Hall–Kier alpha value is -1.91. The predicted octanol–water partition coefficient (Wildman–Crippen LogP) is 0.267. The van der Waals surface area contributed by atoms with Gasteiger partial charge in [-0.2, -0.15) is 9.57 Å². The zero-order valence-electron chi connectivity index (χ0n) is 11.0. The summed E-state index contributed by atoms with van der Waals surface area (Å²) >= 11 is 0. The molecule has 0 heterocycles. The molecule has 0 saturated carbocycles. The Labute approximate surface area is 112 Å². The predicted molar refractivity (Wildman–Crippen MR) is 69.7 cm³/mol. The first-order chi connectivity index (χ1) is 8.80. The number of hydrogen-bond acceptors (Lipinski definition) is 4. The summed E-state index contributed by atoms with van der Waals surface area (Å²) in [5.41, 5.74) is 0.0617. The Morgan fingerprint density at radius 1 is 1.26 bits per heavy atom. The Bertz CT molecular complexity index is 617. The summed E-state index contributed by atoms with van der Waals surface area (Å²) in [4.78, 5) is 12.8. The molecule has 0 aliphatic heterocycles. The fourth-order valence-corrected chi connectivity index (χ4v) is 2.63. The van der Waals surface area contributed by atoms with Crippen LogP contribution in [0, 0.1) is 11.3 Å². The largest absolute Gasteiger partial charge is 0.348 e. The number of nitrogens with zero attached hydrogens (tertiary/aromatic N) is 3. The lowest BCUT2D eigenvalue weighted by molar-refractivity contribution is -0.128. The van der Waals surface area contributed by atoms with Gasteiger partial charge >= 0.3 is 0 Å². The molecule has 0 saturated heterocycles. The number of amides is 1. The number of carbonyl (C=O) groups excluding carboxylic acids is 1. The highest BCUT2D eigenvalue weighted by atomic mass is 32.2. The molecule has 0 unspecified atom stereocenters. The molecule has 6 nitrogen and oxygen atoms in total. The average Bonchev–Trinajstić information content (AvgIpc) is 2.38. The van der Waals surface area contributed by atoms with E-state index >= 15 is 0 Å². The maximum absolute atomic E-state index is 12.3. The summed E-state index contributed by atoms with van der Waals surface area (Å²) in [7, 11) is 0.559. The zero-order valence-corrected chi connectivity index (χ0v) is 11.8. The molecule has 0 aliphatic rings. The van der Waals surface area contributed by atoms with E-state index < -0.39 is 10.0 Å². The van der Waals surface area contributed by atoms with Crippen molar-refractivity contribution in [3.8, 4) is 6.07 Å². The normalized spacial score (nSPS) is 11.1. The second-order valence-electron chi connectivity index (χ2n) is 4.16. The van der Waals surface area contributed by atoms with Gasteiger partial charge in [-0.15, -0.1) is 0 Å². The molecule has 0 atom stereocenters. The van der Waals surface area contributed by atoms with Crippen molar-refractivity contribution in [2.75, 3.05) is 27.7 Å². The third-order valence-corrected chi connectivity index (χ3v) is 4.41. The molecular weight excluding hydrogens is 266 g/mol. The van der Waals surface area contributed by atoms with E-state index in [0.29, 0.717) is 0 Å². The molecule has 7 heteroatoms. The second-order valence-corrected chi connectivity index (χ2v) is 6.17. The van der Waals surface area contributed by atoms with E-state index in [4.69, 9.17) is 5.26 Å². The summed E-state index contributed by atoms with van der Waals surface area (Å²) in [5.74, 6) is -0.333. The van der Waals surface area contributed by atoms with Gasteiger partial charge in [0.25, 0.3) is 0 Å². The van der Waals surface area contributed by atoms with Crippen molar-refractivity contribution in [3.63, 3.8) is 0 Å². The lowest BCUT2D eigenvalue weighted by atomic mass is 10.2. The summed E-state index contributed by atoms with van der Waals surface area (Å²) in [6.45, 7) is -0.269. The molecule has 0 aliphatic carbocycles. The Kier molecular flexibility index (Phi) is 4.64. The van der Waals surface area contributed by atoms with Crippen LogP contribution >= 0.6 is 0 Å². The van der Waals surface area contributed by atoms with Crippen LogP contribution < -0.4 is 0 Å². The van der Waals surface area contributed by atoms with E-state index in [-0.39, 0.29) is 22.9 Å². The number of carbonyl (C=O) groups is 1. The van der Waals surface area contributed by atoms with Crippen molar-refractivity contribution in [1.29, 1.82) is 5.26 Å². The molecule has 19 heavy (non-hydrogen) atoms. The first-order valence-corrected chi connectivity index (χ1v) is 6.90. The SMILES string of the molecule is CN(C)C(=O)CN(C)S(=O)(=O)c1ccccc1C#N. The maximum Gasteiger partial charge on any atom is 0.244 e. The van der Waals surface area contributed by atoms with E-state index in [1.165, 1.54) is 30.1 Å². The summed E-state index contributed by atoms with van der Waals surface area (Å²) in [6.07, 6.45) is 0. The van der Waals surface area contributed by atoms with Gasteiger partial charge < -0.3 is 4.90 Å². The van der Waals surface area contributed by atoms with Crippen LogP contribution in [0.15, 0.2) is 29.2 Å². The third-order valence-electron chi connectivity index (χ3n) is 2.55. The van der Waals surface area contributed by atoms with Gasteiger partial charge in [0.15, 0.2) is 0 Å². The van der Waals surface area contributed by atoms with Crippen LogP contribution in [0.5, 0.6) is 0 Å². The zero-order chi connectivity index (χ0) is 14.6. The molecular formula is C12H15N3O3S. The first kappa shape index (κ1) is 15.1. The minimum atomic E-state index is -3.85. The molecule has 1 aromatic carbocycles. The monoisotopic (exact) mass is 281 g/mol. The second kappa shape index (κ2) is 5.82. The number of likely N-dealkylation sites (N-methyl/N-ethyl adjacent to an activating group) is 2. The average molecular weight is 281 g/mol. The standard InChI is InChI=1S/C12H15N3O3S/c1-14(2)12(16)9-15(3)19(17,18)11-7-5-4-6-10(11)8-13/h4-7H,9H2,1-3H3. The molecule has 0 bridgehead atoms. The van der Waals surface area contributed by atoms with E-state index in [1.807, 2.05) is 6.07 Å². The number of rotatable bonds is 4. The van der Waals surface area contributed by atoms with Gasteiger partial charge in [-0.1, -0.05) is 12.1 Å². The molecule has 0 N–H and O–H groups in total. The number of nitriles is 1. The fourth-order valence-electron chi connectivity index (χ4n) is 1.37. The van der Waals surface area contributed by atoms with Crippen LogP contribution in [0.3, 0.4) is 0 Å². The van der Waals surface area contributed by atoms with Crippen LogP contribution in [-0.2, 0) is 14.8 Å². The Balaban J connectivity index is 3.11. The topological polar surface area (TPSA) is 81.5 Å². The third kappa shape index (κ3) is 3.30. The first-order valence-electron chi connectivity index (χ1n) is 5.46. The van der Waals surface area contributed by atoms with Gasteiger partial charge in [0.2, 0.25) is 15.9 Å². The highest BCUT2D eigenvalue weighted by molar-refractivity contribution is 7.89. The number of benzene rings is 1. The van der Waals surface area contributed by atoms with Gasteiger partial charge in [-0.25, -0.2) is 8.42 Å². The van der Waals surface area contributed by atoms with Crippen molar-refractivity contribution >= 4 is 15.9 Å². The molecule has 0 radical (unpaired) electrons. The minimum absolute atomic E-state index is 0.0617. The summed E-state index contributed by atoms with van der Waals surface area (Å²) < 4.78 is 25.5. The van der Waals surface area contributed by atoms with Crippen LogP contribution in [0.1, 0.15) is 5.56 Å². The Morgan fingerprint density at radius 2 is 1.84 bits per heavy atom. The highest BCUT2D eigenvalue weighted by Gasteiger charge is 2.25. The van der Waals surface area contributed by atoms with E-state index in [2.05, 4.69) is 0 Å². The molecule has 0 aromatic heterocycles. The van der Waals surface area contributed by atoms with Crippen LogP contribution in [0.4, 0.5) is 0 Å². The van der Waals surface area contributed by atoms with Crippen LogP contribution in [0.2, 0.25) is 0 Å². The van der Waals surface area contributed by atoms with Gasteiger partial charge in [-0.05, 0) is 12.1 Å². The molecule has 0 spiro atoms. The highest BCUT2D eigenvalue weighted by Crippen LogP contribution is 2.18.